The van der Waals surface area contributed by atoms with Gasteiger partial charge in [-0.3, -0.25) is 9.69 Å². The van der Waals surface area contributed by atoms with Gasteiger partial charge in [0, 0.05) is 25.3 Å². The van der Waals surface area contributed by atoms with Gasteiger partial charge in [0.1, 0.15) is 0 Å². The molecule has 1 amide bonds. The van der Waals surface area contributed by atoms with Crippen LogP contribution >= 0.6 is 0 Å². The van der Waals surface area contributed by atoms with Gasteiger partial charge in [-0.2, -0.15) is 0 Å². The summed E-state index contributed by atoms with van der Waals surface area (Å²) in [5.41, 5.74) is 0.968. The lowest BCUT2D eigenvalue weighted by atomic mass is 10.3. The molecule has 0 aromatic heterocycles. The molecule has 0 radical (unpaired) electrons. The van der Waals surface area contributed by atoms with Crippen LogP contribution in [0.15, 0.2) is 30.3 Å². The first-order valence-corrected chi connectivity index (χ1v) is 7.20. The van der Waals surface area contributed by atoms with Crippen LogP contribution in [0.5, 0.6) is 0 Å². The number of amides is 1. The number of nitrogens with one attached hydrogen (secondary N) is 2. The fraction of sp³-hybridized carbons (Fsp3) is 0.533. The molecule has 0 atom stereocenters. The Bertz CT molecular complexity index is 391. The lowest BCUT2D eigenvalue weighted by Gasteiger charge is -2.26. The first-order valence-electron chi connectivity index (χ1n) is 7.20. The van der Waals surface area contributed by atoms with Crippen molar-refractivity contribution in [1.82, 2.24) is 10.2 Å². The maximum absolute atomic E-state index is 11.7. The van der Waals surface area contributed by atoms with Crippen LogP contribution in [-0.4, -0.2) is 56.7 Å². The van der Waals surface area contributed by atoms with Crippen LogP contribution in [0.1, 0.15) is 6.42 Å². The van der Waals surface area contributed by atoms with Gasteiger partial charge in [0.05, 0.1) is 19.8 Å². The van der Waals surface area contributed by atoms with Gasteiger partial charge in [-0.25, -0.2) is 0 Å². The van der Waals surface area contributed by atoms with E-state index >= 15 is 0 Å². The number of hydrogen-bond donors (Lipinski definition) is 2. The fourth-order valence-electron chi connectivity index (χ4n) is 2.16. The molecule has 1 heterocycles. The number of morpholine rings is 1. The van der Waals surface area contributed by atoms with E-state index in [1.165, 1.54) is 0 Å². The molecule has 0 saturated carbocycles. The first-order chi connectivity index (χ1) is 9.84. The second-order valence-corrected chi connectivity index (χ2v) is 4.88. The summed E-state index contributed by atoms with van der Waals surface area (Å²) in [4.78, 5) is 14.0. The Kier molecular flexibility index (Phi) is 6.34. The molecular formula is C15H23N3O2. The third-order valence-electron chi connectivity index (χ3n) is 3.30. The van der Waals surface area contributed by atoms with Crippen LogP contribution in [0.4, 0.5) is 5.69 Å². The minimum Gasteiger partial charge on any atom is -0.379 e. The molecule has 1 aromatic carbocycles. The van der Waals surface area contributed by atoms with Gasteiger partial charge in [-0.05, 0) is 25.1 Å². The molecule has 20 heavy (non-hydrogen) atoms. The molecule has 1 aliphatic rings. The Morgan fingerprint density at radius 1 is 1.20 bits per heavy atom. The van der Waals surface area contributed by atoms with Gasteiger partial charge < -0.3 is 15.4 Å². The lowest BCUT2D eigenvalue weighted by Crippen LogP contribution is -2.38. The number of nitrogens with zero attached hydrogens (tertiary/aromatic N) is 1. The average molecular weight is 277 g/mol. The highest BCUT2D eigenvalue weighted by atomic mass is 16.5. The first kappa shape index (κ1) is 14.8. The molecule has 5 heteroatoms. The zero-order valence-electron chi connectivity index (χ0n) is 11.8. The van der Waals surface area contributed by atoms with E-state index in [2.05, 4.69) is 15.5 Å². The average Bonchev–Trinajstić information content (AvgIpc) is 2.52. The molecule has 0 spiro atoms. The second kappa shape index (κ2) is 8.55. The van der Waals surface area contributed by atoms with Crippen molar-refractivity contribution in [2.45, 2.75) is 6.42 Å². The highest BCUT2D eigenvalue weighted by Gasteiger charge is 2.09. The van der Waals surface area contributed by atoms with Crippen molar-refractivity contribution in [3.63, 3.8) is 0 Å². The largest absolute Gasteiger partial charge is 0.379 e. The normalized spacial score (nSPS) is 15.8. The summed E-state index contributed by atoms with van der Waals surface area (Å²) in [6.07, 6.45) is 0.983. The van der Waals surface area contributed by atoms with Crippen LogP contribution in [0.3, 0.4) is 0 Å². The van der Waals surface area contributed by atoms with E-state index in [0.717, 1.165) is 51.5 Å². The molecule has 2 N–H and O–H groups in total. The molecule has 1 fully saturated rings. The van der Waals surface area contributed by atoms with Gasteiger partial charge in [0.25, 0.3) is 0 Å². The van der Waals surface area contributed by atoms with Crippen LogP contribution < -0.4 is 10.6 Å². The minimum absolute atomic E-state index is 0.0378. The smallest absolute Gasteiger partial charge is 0.239 e. The molecule has 1 saturated heterocycles. The number of hydrogen-bond acceptors (Lipinski definition) is 4. The molecule has 2 rings (SSSR count). The molecule has 110 valence electrons. The van der Waals surface area contributed by atoms with E-state index < -0.39 is 0 Å². The van der Waals surface area contributed by atoms with E-state index in [1.807, 2.05) is 30.3 Å². The van der Waals surface area contributed by atoms with Crippen LogP contribution in [-0.2, 0) is 9.53 Å². The molecule has 0 aliphatic carbocycles. The summed E-state index contributed by atoms with van der Waals surface area (Å²) in [6.45, 7) is 5.73. The predicted molar refractivity (Wildman–Crippen MR) is 79.8 cm³/mol. The number of para-hydroxylation sites is 1. The molecular weight excluding hydrogens is 254 g/mol. The van der Waals surface area contributed by atoms with Crippen molar-refractivity contribution < 1.29 is 9.53 Å². The molecule has 0 bridgehead atoms. The van der Waals surface area contributed by atoms with Crippen molar-refractivity contribution in [3.05, 3.63) is 30.3 Å². The van der Waals surface area contributed by atoms with E-state index in [-0.39, 0.29) is 5.91 Å². The summed E-state index contributed by atoms with van der Waals surface area (Å²) in [6, 6.07) is 9.75. The number of ether oxygens (including phenoxy) is 1. The third kappa shape index (κ3) is 5.59. The molecule has 1 aliphatic heterocycles. The zero-order valence-corrected chi connectivity index (χ0v) is 11.8. The second-order valence-electron chi connectivity index (χ2n) is 4.88. The summed E-state index contributed by atoms with van der Waals surface area (Å²) in [5.74, 6) is 0.0378. The van der Waals surface area contributed by atoms with Gasteiger partial charge in [-0.1, -0.05) is 18.2 Å². The summed E-state index contributed by atoms with van der Waals surface area (Å²) in [7, 11) is 0. The van der Waals surface area contributed by atoms with Crippen LogP contribution in [0, 0.1) is 0 Å². The van der Waals surface area contributed by atoms with Gasteiger partial charge >= 0.3 is 0 Å². The summed E-state index contributed by atoms with van der Waals surface area (Å²) in [5, 5.41) is 6.03. The Hall–Kier alpha value is -1.59. The Morgan fingerprint density at radius 3 is 2.70 bits per heavy atom. The molecule has 0 unspecified atom stereocenters. The van der Waals surface area contributed by atoms with Crippen molar-refractivity contribution in [3.8, 4) is 0 Å². The van der Waals surface area contributed by atoms with Crippen molar-refractivity contribution in [1.29, 1.82) is 0 Å². The highest BCUT2D eigenvalue weighted by molar-refractivity contribution is 5.80. The van der Waals surface area contributed by atoms with E-state index in [4.69, 9.17) is 4.74 Å². The highest BCUT2D eigenvalue weighted by Crippen LogP contribution is 2.03. The summed E-state index contributed by atoms with van der Waals surface area (Å²) < 4.78 is 5.30. The quantitative estimate of drug-likeness (QED) is 0.728. The Morgan fingerprint density at radius 2 is 1.95 bits per heavy atom. The number of anilines is 1. The van der Waals surface area contributed by atoms with E-state index in [1.54, 1.807) is 0 Å². The van der Waals surface area contributed by atoms with Crippen molar-refractivity contribution in [2.24, 2.45) is 0 Å². The van der Waals surface area contributed by atoms with Gasteiger partial charge in [0.15, 0.2) is 0 Å². The number of benzene rings is 1. The number of rotatable bonds is 7. The van der Waals surface area contributed by atoms with Crippen molar-refractivity contribution >= 4 is 11.6 Å². The number of carbonyl (C=O) groups is 1. The van der Waals surface area contributed by atoms with E-state index in [0.29, 0.717) is 6.54 Å². The fourth-order valence-corrected chi connectivity index (χ4v) is 2.16. The third-order valence-corrected chi connectivity index (χ3v) is 3.30. The molecule has 5 nitrogen and oxygen atoms in total. The van der Waals surface area contributed by atoms with Gasteiger partial charge in [0.2, 0.25) is 5.91 Å². The lowest BCUT2D eigenvalue weighted by molar-refractivity contribution is -0.119. The standard InChI is InChI=1S/C15H23N3O2/c19-15(13-17-14-5-2-1-3-6-14)16-7-4-8-18-9-11-20-12-10-18/h1-3,5-6,17H,4,7-13H2,(H,16,19). The Labute approximate surface area is 120 Å². The van der Waals surface area contributed by atoms with Crippen LogP contribution in [0.2, 0.25) is 0 Å². The number of carbonyl (C=O) groups excluding carboxylic acids is 1. The van der Waals surface area contributed by atoms with Gasteiger partial charge in [-0.15, -0.1) is 0 Å². The molecule has 1 aromatic rings. The maximum atomic E-state index is 11.7. The zero-order chi connectivity index (χ0) is 14.0. The topological polar surface area (TPSA) is 53.6 Å². The van der Waals surface area contributed by atoms with E-state index in [9.17, 15) is 4.79 Å². The van der Waals surface area contributed by atoms with Crippen LogP contribution in [0.25, 0.3) is 0 Å². The Balaban J connectivity index is 1.51. The monoisotopic (exact) mass is 277 g/mol. The van der Waals surface area contributed by atoms with Crippen molar-refractivity contribution in [2.75, 3.05) is 51.3 Å². The minimum atomic E-state index is 0.0378. The summed E-state index contributed by atoms with van der Waals surface area (Å²) >= 11 is 0. The maximum Gasteiger partial charge on any atom is 0.239 e. The SMILES string of the molecule is O=C(CNc1ccccc1)NCCCN1CCOCC1. The predicted octanol–water partition coefficient (Wildman–Crippen LogP) is 0.937.